The molecule has 0 spiro atoms. The van der Waals surface area contributed by atoms with Crippen molar-refractivity contribution in [1.82, 2.24) is 9.88 Å². The highest BCUT2D eigenvalue weighted by molar-refractivity contribution is 5.69. The predicted molar refractivity (Wildman–Crippen MR) is 75.7 cm³/mol. The average molecular weight is 278 g/mol. The number of pyridine rings is 1. The van der Waals surface area contributed by atoms with Crippen molar-refractivity contribution in [2.24, 2.45) is 0 Å². The Morgan fingerprint density at radius 1 is 1.40 bits per heavy atom. The van der Waals surface area contributed by atoms with Crippen molar-refractivity contribution in [2.45, 2.75) is 52.3 Å². The number of aromatic nitrogens is 1. The number of carbonyl (C=O) groups excluding carboxylic acids is 1. The molecule has 0 saturated carbocycles. The van der Waals surface area contributed by atoms with Gasteiger partial charge in [0.15, 0.2) is 0 Å². The molecule has 20 heavy (non-hydrogen) atoms. The molecule has 1 aliphatic heterocycles. The number of hydrogen-bond acceptors (Lipinski definition) is 4. The van der Waals surface area contributed by atoms with Crippen LogP contribution in [-0.4, -0.2) is 34.7 Å². The van der Waals surface area contributed by atoms with Gasteiger partial charge in [-0.25, -0.2) is 9.78 Å². The molecular weight excluding hydrogens is 256 g/mol. The van der Waals surface area contributed by atoms with Crippen LogP contribution in [0.2, 0.25) is 0 Å². The summed E-state index contributed by atoms with van der Waals surface area (Å²) in [5, 5.41) is 0. The van der Waals surface area contributed by atoms with Gasteiger partial charge in [-0.05, 0) is 33.3 Å². The third kappa shape index (κ3) is 3.21. The Balaban J connectivity index is 2.17. The van der Waals surface area contributed by atoms with Gasteiger partial charge in [-0.2, -0.15) is 0 Å². The lowest BCUT2D eigenvalue weighted by Gasteiger charge is -2.35. The number of methoxy groups -OCH3 is 1. The second kappa shape index (κ2) is 5.31. The maximum absolute atomic E-state index is 12.2. The molecule has 0 saturated heterocycles. The molecule has 2 rings (SSSR count). The fraction of sp³-hybridized carbons (Fsp3) is 0.600. The largest absolute Gasteiger partial charge is 0.481 e. The lowest BCUT2D eigenvalue weighted by Crippen LogP contribution is -2.45. The Hall–Kier alpha value is -1.78. The van der Waals surface area contributed by atoms with Crippen molar-refractivity contribution in [2.75, 3.05) is 7.11 Å². The number of amides is 1. The molecule has 0 aliphatic carbocycles. The maximum atomic E-state index is 12.2. The number of rotatable bonds is 1. The normalized spacial score (nSPS) is 18.4. The monoisotopic (exact) mass is 278 g/mol. The fourth-order valence-corrected chi connectivity index (χ4v) is 2.24. The van der Waals surface area contributed by atoms with E-state index in [9.17, 15) is 4.79 Å². The van der Waals surface area contributed by atoms with E-state index in [1.165, 1.54) is 0 Å². The molecule has 0 aromatic carbocycles. The Labute approximate surface area is 119 Å². The lowest BCUT2D eigenvalue weighted by atomic mass is 10.0. The van der Waals surface area contributed by atoms with Crippen LogP contribution in [0, 0.1) is 0 Å². The molecule has 1 amide bonds. The van der Waals surface area contributed by atoms with Crippen molar-refractivity contribution in [3.8, 4) is 5.88 Å². The van der Waals surface area contributed by atoms with Crippen LogP contribution in [-0.2, 0) is 17.7 Å². The van der Waals surface area contributed by atoms with Crippen LogP contribution in [0.5, 0.6) is 5.88 Å². The molecule has 5 heteroatoms. The average Bonchev–Trinajstić information content (AvgIpc) is 2.35. The van der Waals surface area contributed by atoms with Gasteiger partial charge >= 0.3 is 6.09 Å². The van der Waals surface area contributed by atoms with Crippen LogP contribution >= 0.6 is 0 Å². The molecule has 5 nitrogen and oxygen atoms in total. The van der Waals surface area contributed by atoms with Gasteiger partial charge in [0.1, 0.15) is 5.60 Å². The maximum Gasteiger partial charge on any atom is 0.410 e. The van der Waals surface area contributed by atoms with Gasteiger partial charge in [0.25, 0.3) is 0 Å². The summed E-state index contributed by atoms with van der Waals surface area (Å²) in [6.45, 7) is 8.16. The van der Waals surface area contributed by atoms with Crippen molar-refractivity contribution < 1.29 is 14.3 Å². The number of ether oxygens (including phenoxy) is 2. The Morgan fingerprint density at radius 2 is 2.10 bits per heavy atom. The Bertz CT molecular complexity index is 508. The zero-order valence-electron chi connectivity index (χ0n) is 12.8. The van der Waals surface area contributed by atoms with E-state index < -0.39 is 5.60 Å². The highest BCUT2D eigenvalue weighted by atomic mass is 16.6. The SMILES string of the molecule is COc1ccc2c(n1)CC(C)N(C(=O)OC(C)(C)C)C2. The molecule has 1 aromatic rings. The van der Waals surface area contributed by atoms with E-state index in [-0.39, 0.29) is 12.1 Å². The van der Waals surface area contributed by atoms with E-state index in [1.54, 1.807) is 12.0 Å². The summed E-state index contributed by atoms with van der Waals surface area (Å²) >= 11 is 0. The van der Waals surface area contributed by atoms with Crippen molar-refractivity contribution in [3.05, 3.63) is 23.4 Å². The Kier molecular flexibility index (Phi) is 3.88. The third-order valence-electron chi connectivity index (χ3n) is 3.24. The first-order valence-electron chi connectivity index (χ1n) is 6.82. The van der Waals surface area contributed by atoms with Gasteiger partial charge in [-0.1, -0.05) is 6.07 Å². The smallest absolute Gasteiger partial charge is 0.410 e. The molecule has 1 aliphatic rings. The minimum Gasteiger partial charge on any atom is -0.481 e. The van der Waals surface area contributed by atoms with E-state index in [1.807, 2.05) is 39.8 Å². The van der Waals surface area contributed by atoms with Gasteiger partial charge in [0.2, 0.25) is 5.88 Å². The Morgan fingerprint density at radius 3 is 2.70 bits per heavy atom. The van der Waals surface area contributed by atoms with E-state index in [0.29, 0.717) is 18.8 Å². The van der Waals surface area contributed by atoms with E-state index in [4.69, 9.17) is 9.47 Å². The minimum atomic E-state index is -0.477. The van der Waals surface area contributed by atoms with Crippen LogP contribution < -0.4 is 4.74 Å². The van der Waals surface area contributed by atoms with Crippen LogP contribution in [0.4, 0.5) is 4.79 Å². The van der Waals surface area contributed by atoms with Crippen molar-refractivity contribution >= 4 is 6.09 Å². The summed E-state index contributed by atoms with van der Waals surface area (Å²) < 4.78 is 10.6. The summed E-state index contributed by atoms with van der Waals surface area (Å²) in [6, 6.07) is 3.85. The molecule has 1 unspecified atom stereocenters. The number of carbonyl (C=O) groups is 1. The van der Waals surface area contributed by atoms with Crippen LogP contribution in [0.1, 0.15) is 39.0 Å². The molecule has 0 N–H and O–H groups in total. The van der Waals surface area contributed by atoms with Crippen LogP contribution in [0.3, 0.4) is 0 Å². The summed E-state index contributed by atoms with van der Waals surface area (Å²) in [5.41, 5.74) is 1.57. The molecule has 110 valence electrons. The first-order valence-corrected chi connectivity index (χ1v) is 6.82. The molecule has 2 heterocycles. The number of nitrogens with zero attached hydrogens (tertiary/aromatic N) is 2. The third-order valence-corrected chi connectivity index (χ3v) is 3.24. The van der Waals surface area contributed by atoms with Gasteiger partial charge < -0.3 is 14.4 Å². The molecule has 0 radical (unpaired) electrons. The van der Waals surface area contributed by atoms with Gasteiger partial charge in [0.05, 0.1) is 19.3 Å². The quantitative estimate of drug-likeness (QED) is 0.792. The number of fused-ring (bicyclic) bond motifs is 1. The highest BCUT2D eigenvalue weighted by Gasteiger charge is 2.31. The zero-order valence-corrected chi connectivity index (χ0v) is 12.8. The molecule has 0 bridgehead atoms. The first-order chi connectivity index (χ1) is 9.30. The molecular formula is C15H22N2O3. The standard InChI is InChI=1S/C15H22N2O3/c1-10-8-12-11(6-7-13(16-12)19-5)9-17(10)14(18)20-15(2,3)4/h6-7,10H,8-9H2,1-5H3. The summed E-state index contributed by atoms with van der Waals surface area (Å²) in [6.07, 6.45) is 0.442. The summed E-state index contributed by atoms with van der Waals surface area (Å²) in [4.78, 5) is 18.4. The summed E-state index contributed by atoms with van der Waals surface area (Å²) in [5.74, 6) is 0.613. The van der Waals surface area contributed by atoms with Gasteiger partial charge in [0, 0.05) is 18.5 Å². The van der Waals surface area contributed by atoms with Gasteiger partial charge in [-0.15, -0.1) is 0 Å². The van der Waals surface area contributed by atoms with Crippen molar-refractivity contribution in [1.29, 1.82) is 0 Å². The number of hydrogen-bond donors (Lipinski definition) is 0. The predicted octanol–water partition coefficient (Wildman–Crippen LogP) is 2.77. The van der Waals surface area contributed by atoms with Crippen LogP contribution in [0.15, 0.2) is 12.1 Å². The second-order valence-electron chi connectivity index (χ2n) is 6.12. The molecule has 1 aromatic heterocycles. The molecule has 0 fully saturated rings. The second-order valence-corrected chi connectivity index (χ2v) is 6.12. The van der Waals surface area contributed by atoms with Crippen molar-refractivity contribution in [3.63, 3.8) is 0 Å². The summed E-state index contributed by atoms with van der Waals surface area (Å²) in [7, 11) is 1.61. The van der Waals surface area contributed by atoms with Crippen LogP contribution in [0.25, 0.3) is 0 Å². The van der Waals surface area contributed by atoms with E-state index in [0.717, 1.165) is 11.3 Å². The fourth-order valence-electron chi connectivity index (χ4n) is 2.24. The van der Waals surface area contributed by atoms with E-state index in [2.05, 4.69) is 4.98 Å². The zero-order chi connectivity index (χ0) is 14.9. The van der Waals surface area contributed by atoms with Gasteiger partial charge in [-0.3, -0.25) is 0 Å². The molecule has 1 atom stereocenters. The minimum absolute atomic E-state index is 0.0666. The lowest BCUT2D eigenvalue weighted by molar-refractivity contribution is 0.0136. The first kappa shape index (κ1) is 14.6. The topological polar surface area (TPSA) is 51.7 Å². The van der Waals surface area contributed by atoms with E-state index >= 15 is 0 Å². The highest BCUT2D eigenvalue weighted by Crippen LogP contribution is 2.25.